The molecule has 3 aromatic rings. The molecule has 1 saturated carbocycles. The lowest BCUT2D eigenvalue weighted by molar-refractivity contribution is 0.0362. The topological polar surface area (TPSA) is 76.7 Å². The van der Waals surface area contributed by atoms with Gasteiger partial charge in [0.15, 0.2) is 11.6 Å². The first-order chi connectivity index (χ1) is 15.3. The maximum Gasteiger partial charge on any atom is 0.177 e. The number of nitrogens with zero attached hydrogens (tertiary/aromatic N) is 5. The van der Waals surface area contributed by atoms with Crippen molar-refractivity contribution >= 4 is 5.57 Å². The first-order valence-corrected chi connectivity index (χ1v) is 10.9. The molecule has 2 heterocycles. The van der Waals surface area contributed by atoms with Crippen LogP contribution in [0.15, 0.2) is 43.4 Å². The van der Waals surface area contributed by atoms with Crippen molar-refractivity contribution in [1.82, 2.24) is 25.0 Å². The SMILES string of the molecule is C=C(c1ncc(-c2ccc(-n3cc(F)cn3)cc2O)nn1)[C@H]1CCC[C@@](C)(CCC)[C@H]1F. The fourth-order valence-electron chi connectivity index (χ4n) is 4.71. The molecule has 1 aliphatic rings. The Hall–Kier alpha value is -3.16. The van der Waals surface area contributed by atoms with Gasteiger partial charge in [0.1, 0.15) is 17.6 Å². The van der Waals surface area contributed by atoms with E-state index < -0.39 is 12.0 Å². The molecule has 0 bridgehead atoms. The smallest absolute Gasteiger partial charge is 0.177 e. The number of halogens is 2. The Morgan fingerprint density at radius 2 is 2.12 bits per heavy atom. The van der Waals surface area contributed by atoms with Gasteiger partial charge >= 0.3 is 0 Å². The summed E-state index contributed by atoms with van der Waals surface area (Å²) in [5.41, 5.74) is 1.52. The number of rotatable bonds is 6. The molecule has 0 amide bonds. The van der Waals surface area contributed by atoms with Gasteiger partial charge in [-0.25, -0.2) is 18.4 Å². The van der Waals surface area contributed by atoms with Gasteiger partial charge in [-0.2, -0.15) is 5.10 Å². The highest BCUT2D eigenvalue weighted by molar-refractivity contribution is 5.68. The Morgan fingerprint density at radius 1 is 1.31 bits per heavy atom. The molecule has 3 atom stereocenters. The lowest BCUT2D eigenvalue weighted by Crippen LogP contribution is -2.39. The van der Waals surface area contributed by atoms with Crippen LogP contribution in [0.5, 0.6) is 5.75 Å². The minimum Gasteiger partial charge on any atom is -0.507 e. The molecule has 6 nitrogen and oxygen atoms in total. The summed E-state index contributed by atoms with van der Waals surface area (Å²) in [6, 6.07) is 4.78. The quantitative estimate of drug-likeness (QED) is 0.547. The zero-order valence-electron chi connectivity index (χ0n) is 18.3. The molecule has 2 aromatic heterocycles. The van der Waals surface area contributed by atoms with Gasteiger partial charge in [0.25, 0.3) is 0 Å². The van der Waals surface area contributed by atoms with Gasteiger partial charge in [0.2, 0.25) is 0 Å². The molecule has 0 unspecified atom stereocenters. The van der Waals surface area contributed by atoms with Gasteiger partial charge < -0.3 is 5.11 Å². The van der Waals surface area contributed by atoms with Crippen LogP contribution in [0.25, 0.3) is 22.5 Å². The predicted molar refractivity (Wildman–Crippen MR) is 118 cm³/mol. The van der Waals surface area contributed by atoms with E-state index in [4.69, 9.17) is 0 Å². The van der Waals surface area contributed by atoms with E-state index >= 15 is 4.39 Å². The van der Waals surface area contributed by atoms with Gasteiger partial charge in [-0.3, -0.25) is 0 Å². The van der Waals surface area contributed by atoms with Crippen molar-refractivity contribution in [1.29, 1.82) is 0 Å². The summed E-state index contributed by atoms with van der Waals surface area (Å²) in [6.45, 7) is 8.20. The van der Waals surface area contributed by atoms with Crippen molar-refractivity contribution in [3.8, 4) is 22.7 Å². The van der Waals surface area contributed by atoms with Crippen LogP contribution in [0.4, 0.5) is 8.78 Å². The summed E-state index contributed by atoms with van der Waals surface area (Å²) in [5, 5.41) is 22.7. The largest absolute Gasteiger partial charge is 0.507 e. The highest BCUT2D eigenvalue weighted by Crippen LogP contribution is 2.48. The number of benzene rings is 1. The third-order valence-electron chi connectivity index (χ3n) is 6.47. The van der Waals surface area contributed by atoms with Crippen LogP contribution in [0.2, 0.25) is 0 Å². The molecule has 0 aliphatic heterocycles. The summed E-state index contributed by atoms with van der Waals surface area (Å²) in [4.78, 5) is 4.37. The third kappa shape index (κ3) is 4.13. The molecule has 8 heteroatoms. The third-order valence-corrected chi connectivity index (χ3v) is 6.47. The monoisotopic (exact) mass is 439 g/mol. The normalized spacial score (nSPS) is 23.2. The molecule has 0 radical (unpaired) electrons. The molecular formula is C24H27F2N5O. The van der Waals surface area contributed by atoms with E-state index in [1.54, 1.807) is 12.1 Å². The summed E-state index contributed by atoms with van der Waals surface area (Å²) in [6.07, 6.45) is 7.15. The van der Waals surface area contributed by atoms with Crippen molar-refractivity contribution in [3.63, 3.8) is 0 Å². The minimum atomic E-state index is -0.990. The van der Waals surface area contributed by atoms with Crippen LogP contribution in [-0.4, -0.2) is 36.2 Å². The maximum absolute atomic E-state index is 15.4. The zero-order valence-corrected chi connectivity index (χ0v) is 18.3. The zero-order chi connectivity index (χ0) is 22.9. The summed E-state index contributed by atoms with van der Waals surface area (Å²) in [5.74, 6) is -0.532. The second-order valence-corrected chi connectivity index (χ2v) is 8.80. The minimum absolute atomic E-state index is 0.0625. The molecule has 4 rings (SSSR count). The molecule has 0 saturated heterocycles. The van der Waals surface area contributed by atoms with E-state index in [-0.39, 0.29) is 17.1 Å². The lowest BCUT2D eigenvalue weighted by atomic mass is 9.65. The van der Waals surface area contributed by atoms with Gasteiger partial charge in [-0.05, 0) is 42.4 Å². The van der Waals surface area contributed by atoms with E-state index in [0.29, 0.717) is 28.3 Å². The van der Waals surface area contributed by atoms with E-state index in [0.717, 1.165) is 38.3 Å². The molecule has 1 N–H and O–H groups in total. The molecule has 168 valence electrons. The molecule has 32 heavy (non-hydrogen) atoms. The highest BCUT2D eigenvalue weighted by atomic mass is 19.1. The average molecular weight is 440 g/mol. The first kappa shape index (κ1) is 22.0. The molecule has 1 aliphatic carbocycles. The average Bonchev–Trinajstić information content (AvgIpc) is 3.22. The fourth-order valence-corrected chi connectivity index (χ4v) is 4.71. The van der Waals surface area contributed by atoms with Crippen LogP contribution in [0.1, 0.15) is 51.8 Å². The van der Waals surface area contributed by atoms with Crippen LogP contribution in [0.3, 0.4) is 0 Å². The number of allylic oxidation sites excluding steroid dienone is 1. The van der Waals surface area contributed by atoms with Crippen LogP contribution >= 0.6 is 0 Å². The van der Waals surface area contributed by atoms with Crippen LogP contribution in [-0.2, 0) is 0 Å². The summed E-state index contributed by atoms with van der Waals surface area (Å²) < 4.78 is 29.9. The Balaban J connectivity index is 1.53. The molecule has 1 aromatic carbocycles. The van der Waals surface area contributed by atoms with Crippen molar-refractivity contribution < 1.29 is 13.9 Å². The molecule has 1 fully saturated rings. The Kier molecular flexibility index (Phi) is 6.04. The van der Waals surface area contributed by atoms with Gasteiger partial charge in [-0.15, -0.1) is 10.2 Å². The van der Waals surface area contributed by atoms with Crippen molar-refractivity contribution in [2.24, 2.45) is 11.3 Å². The van der Waals surface area contributed by atoms with Gasteiger partial charge in [0.05, 0.1) is 24.3 Å². The Bertz CT molecular complexity index is 1110. The fraction of sp³-hybridized carbons (Fsp3) is 0.417. The van der Waals surface area contributed by atoms with Crippen molar-refractivity contribution in [3.05, 3.63) is 55.0 Å². The second kappa shape index (κ2) is 8.76. The number of aromatic nitrogens is 5. The Morgan fingerprint density at radius 3 is 2.75 bits per heavy atom. The van der Waals surface area contributed by atoms with Crippen molar-refractivity contribution in [2.75, 3.05) is 0 Å². The number of phenols is 1. The standard InChI is InChI=1S/C24H27F2N5O/c1-4-9-24(3)10-5-6-18(22(24)26)15(2)23-27-13-20(29-30-23)19-8-7-17(11-21(19)32)31-14-16(25)12-28-31/h7-8,11-14,18,22,32H,2,4-6,9-10H2,1,3H3/t18-,22+,24-/m1/s1. The van der Waals surface area contributed by atoms with Crippen molar-refractivity contribution in [2.45, 2.75) is 52.1 Å². The lowest BCUT2D eigenvalue weighted by Gasteiger charge is -2.42. The Labute approximate surface area is 186 Å². The van der Waals surface area contributed by atoms with Crippen LogP contribution in [0, 0.1) is 17.2 Å². The van der Waals surface area contributed by atoms with E-state index in [1.807, 2.05) is 6.92 Å². The van der Waals surface area contributed by atoms with Gasteiger partial charge in [-0.1, -0.05) is 33.3 Å². The summed E-state index contributed by atoms with van der Waals surface area (Å²) in [7, 11) is 0. The number of hydrogen-bond donors (Lipinski definition) is 1. The molecule has 0 spiro atoms. The highest BCUT2D eigenvalue weighted by Gasteiger charge is 2.43. The van der Waals surface area contributed by atoms with E-state index in [1.165, 1.54) is 23.1 Å². The summed E-state index contributed by atoms with van der Waals surface area (Å²) >= 11 is 0. The maximum atomic E-state index is 15.4. The van der Waals surface area contributed by atoms with E-state index in [2.05, 4.69) is 33.8 Å². The van der Waals surface area contributed by atoms with Gasteiger partial charge in [0, 0.05) is 17.5 Å². The number of aromatic hydroxyl groups is 1. The first-order valence-electron chi connectivity index (χ1n) is 10.9. The van der Waals surface area contributed by atoms with Crippen LogP contribution < -0.4 is 0 Å². The second-order valence-electron chi connectivity index (χ2n) is 8.80. The number of phenolic OH excluding ortho intramolecular Hbond substituents is 1. The number of alkyl halides is 1. The predicted octanol–water partition coefficient (Wildman–Crippen LogP) is 5.53. The number of hydrogen-bond acceptors (Lipinski definition) is 5. The van der Waals surface area contributed by atoms with E-state index in [9.17, 15) is 9.50 Å². The molecular weight excluding hydrogens is 412 g/mol.